The minimum Gasteiger partial charge on any atom is -0.394 e. The molecule has 0 aromatic carbocycles. The van der Waals surface area contributed by atoms with E-state index in [1.807, 2.05) is 0 Å². The fourth-order valence-corrected chi connectivity index (χ4v) is 6.38. The maximum absolute atomic E-state index is 5.96. The van der Waals surface area contributed by atoms with E-state index in [9.17, 15) is 0 Å². The monoisotopic (exact) mass is 282 g/mol. The van der Waals surface area contributed by atoms with Crippen LogP contribution < -0.4 is 0 Å². The molecule has 0 radical (unpaired) electrons. The molecule has 0 saturated carbocycles. The van der Waals surface area contributed by atoms with Gasteiger partial charge in [0.15, 0.2) is 0 Å². The largest absolute Gasteiger partial charge is 0.394 e. The van der Waals surface area contributed by atoms with Crippen LogP contribution in [0.4, 0.5) is 0 Å². The Bertz CT molecular complexity index is 134. The average Bonchev–Trinajstić information content (AvgIpc) is 2.18. The van der Waals surface area contributed by atoms with Crippen molar-refractivity contribution in [2.45, 2.75) is 46.1 Å². The van der Waals surface area contributed by atoms with Gasteiger partial charge >= 0.3 is 8.56 Å². The molecule has 0 bridgehead atoms. The van der Waals surface area contributed by atoms with Crippen molar-refractivity contribution in [3.63, 3.8) is 0 Å². The van der Waals surface area contributed by atoms with Gasteiger partial charge in [0.1, 0.15) is 0 Å². The first-order valence-electron chi connectivity index (χ1n) is 5.46. The van der Waals surface area contributed by atoms with Crippen LogP contribution in [0.25, 0.3) is 0 Å². The van der Waals surface area contributed by atoms with E-state index in [-0.39, 0.29) is 0 Å². The molecule has 0 aliphatic rings. The number of hydrogen-bond acceptors (Lipinski definition) is 2. The summed E-state index contributed by atoms with van der Waals surface area (Å²) in [5, 5.41) is 0. The molecule has 0 saturated heterocycles. The van der Waals surface area contributed by atoms with Gasteiger partial charge in [-0.05, 0) is 18.4 Å². The van der Waals surface area contributed by atoms with E-state index >= 15 is 0 Å². The van der Waals surface area contributed by atoms with Gasteiger partial charge in [-0.15, -0.1) is 0 Å². The SMILES string of the molecule is CCCO[Si](CBr)(OCCC)C(C)C. The minimum absolute atomic E-state index is 0.500. The lowest BCUT2D eigenvalue weighted by molar-refractivity contribution is 0.166. The summed E-state index contributed by atoms with van der Waals surface area (Å²) in [6.07, 6.45) is 2.12. The average molecular weight is 283 g/mol. The van der Waals surface area contributed by atoms with E-state index in [1.54, 1.807) is 0 Å². The van der Waals surface area contributed by atoms with Gasteiger partial charge in [-0.3, -0.25) is 0 Å². The van der Waals surface area contributed by atoms with Gasteiger partial charge in [0.2, 0.25) is 0 Å². The molecule has 0 heterocycles. The lowest BCUT2D eigenvalue weighted by Gasteiger charge is -2.32. The van der Waals surface area contributed by atoms with E-state index in [2.05, 4.69) is 43.6 Å². The van der Waals surface area contributed by atoms with Gasteiger partial charge in [0.25, 0.3) is 0 Å². The van der Waals surface area contributed by atoms with Crippen molar-refractivity contribution in [1.29, 1.82) is 0 Å². The number of rotatable bonds is 8. The predicted molar refractivity (Wildman–Crippen MR) is 67.1 cm³/mol. The number of alkyl halides is 1. The molecule has 0 spiro atoms. The van der Waals surface area contributed by atoms with Crippen molar-refractivity contribution in [3.05, 3.63) is 0 Å². The molecule has 0 amide bonds. The Labute approximate surface area is 97.7 Å². The molecule has 0 N–H and O–H groups in total. The van der Waals surface area contributed by atoms with Crippen LogP contribution in [-0.2, 0) is 8.85 Å². The second-order valence-corrected chi connectivity index (χ2v) is 9.10. The molecule has 0 aliphatic carbocycles. The summed E-state index contributed by atoms with van der Waals surface area (Å²) in [7, 11) is -1.97. The zero-order valence-electron chi connectivity index (χ0n) is 9.81. The Hall–Kier alpha value is 0.617. The Morgan fingerprint density at radius 2 is 1.50 bits per heavy atom. The highest BCUT2D eigenvalue weighted by Gasteiger charge is 2.40. The first kappa shape index (κ1) is 14.6. The summed E-state index contributed by atoms with van der Waals surface area (Å²) in [6.45, 7) is 10.3. The van der Waals surface area contributed by atoms with Crippen LogP contribution in [0.1, 0.15) is 40.5 Å². The number of hydrogen-bond donors (Lipinski definition) is 0. The highest BCUT2D eigenvalue weighted by atomic mass is 79.9. The van der Waals surface area contributed by atoms with Gasteiger partial charge in [0, 0.05) is 18.2 Å². The fourth-order valence-electron chi connectivity index (χ4n) is 1.16. The van der Waals surface area contributed by atoms with Crippen molar-refractivity contribution in [3.8, 4) is 0 Å². The lowest BCUT2D eigenvalue weighted by Crippen LogP contribution is -2.48. The topological polar surface area (TPSA) is 18.5 Å². The van der Waals surface area contributed by atoms with Crippen LogP contribution in [-0.4, -0.2) is 26.7 Å². The van der Waals surface area contributed by atoms with Gasteiger partial charge in [-0.2, -0.15) is 0 Å². The van der Waals surface area contributed by atoms with Crippen molar-refractivity contribution in [2.75, 3.05) is 18.2 Å². The molecule has 0 aromatic rings. The third-order valence-electron chi connectivity index (χ3n) is 2.17. The smallest absolute Gasteiger partial charge is 0.351 e. The second kappa shape index (κ2) is 7.85. The first-order valence-corrected chi connectivity index (χ1v) is 8.69. The van der Waals surface area contributed by atoms with E-state index in [1.165, 1.54) is 0 Å². The molecular weight excluding hydrogens is 260 g/mol. The molecular formula is C10H23BrO2Si. The van der Waals surface area contributed by atoms with E-state index < -0.39 is 8.56 Å². The van der Waals surface area contributed by atoms with E-state index in [0.29, 0.717) is 5.54 Å². The highest BCUT2D eigenvalue weighted by molar-refractivity contribution is 9.09. The van der Waals surface area contributed by atoms with Crippen LogP contribution >= 0.6 is 15.9 Å². The molecule has 0 aliphatic heterocycles. The molecule has 0 unspecified atom stereocenters. The summed E-state index contributed by atoms with van der Waals surface area (Å²) in [6, 6.07) is 0. The maximum atomic E-state index is 5.96. The third kappa shape index (κ3) is 4.42. The first-order chi connectivity index (χ1) is 6.63. The molecule has 0 rings (SSSR count). The van der Waals surface area contributed by atoms with Crippen LogP contribution in [0.3, 0.4) is 0 Å². The van der Waals surface area contributed by atoms with E-state index in [4.69, 9.17) is 8.85 Å². The van der Waals surface area contributed by atoms with Gasteiger partial charge < -0.3 is 8.85 Å². The van der Waals surface area contributed by atoms with Crippen molar-refractivity contribution >= 4 is 24.5 Å². The molecule has 2 nitrogen and oxygen atoms in total. The normalized spacial score (nSPS) is 12.4. The summed E-state index contributed by atoms with van der Waals surface area (Å²) < 4.78 is 11.9. The maximum Gasteiger partial charge on any atom is 0.351 e. The van der Waals surface area contributed by atoms with Gasteiger partial charge in [-0.25, -0.2) is 0 Å². The molecule has 4 heteroatoms. The molecule has 0 fully saturated rings. The lowest BCUT2D eigenvalue weighted by atomic mass is 10.5. The molecule has 0 aromatic heterocycles. The van der Waals surface area contributed by atoms with Crippen molar-refractivity contribution < 1.29 is 8.85 Å². The summed E-state index contributed by atoms with van der Waals surface area (Å²) >= 11 is 3.55. The zero-order chi connectivity index (χ0) is 11.0. The quantitative estimate of drug-likeness (QED) is 0.500. The fraction of sp³-hybridized carbons (Fsp3) is 1.00. The van der Waals surface area contributed by atoms with Gasteiger partial charge in [0.05, 0.1) is 0 Å². The van der Waals surface area contributed by atoms with Crippen LogP contribution in [0.5, 0.6) is 0 Å². The van der Waals surface area contributed by atoms with E-state index in [0.717, 1.165) is 31.0 Å². The van der Waals surface area contributed by atoms with Crippen LogP contribution in [0.15, 0.2) is 0 Å². The standard InChI is InChI=1S/C10H23BrO2Si/c1-5-7-12-14(9-11,10(3)4)13-8-6-2/h10H,5-9H2,1-4H3. The number of halogens is 1. The van der Waals surface area contributed by atoms with Crippen molar-refractivity contribution in [1.82, 2.24) is 0 Å². The highest BCUT2D eigenvalue weighted by Crippen LogP contribution is 2.25. The Kier molecular flexibility index (Phi) is 8.20. The zero-order valence-corrected chi connectivity index (χ0v) is 12.4. The molecule has 86 valence electrons. The Balaban J connectivity index is 4.27. The summed E-state index contributed by atoms with van der Waals surface area (Å²) in [5.74, 6) is 0. The van der Waals surface area contributed by atoms with Gasteiger partial charge in [-0.1, -0.05) is 43.6 Å². The third-order valence-corrected chi connectivity index (χ3v) is 8.03. The summed E-state index contributed by atoms with van der Waals surface area (Å²) in [5.41, 5.74) is 0.500. The Morgan fingerprint density at radius 3 is 1.71 bits per heavy atom. The second-order valence-electron chi connectivity index (χ2n) is 3.80. The van der Waals surface area contributed by atoms with Crippen LogP contribution in [0, 0.1) is 0 Å². The van der Waals surface area contributed by atoms with Crippen LogP contribution in [0.2, 0.25) is 5.54 Å². The summed E-state index contributed by atoms with van der Waals surface area (Å²) in [4.78, 5) is 0.873. The molecule has 0 atom stereocenters. The Morgan fingerprint density at radius 1 is 1.07 bits per heavy atom. The molecule has 14 heavy (non-hydrogen) atoms. The van der Waals surface area contributed by atoms with Crippen molar-refractivity contribution in [2.24, 2.45) is 0 Å². The predicted octanol–water partition coefficient (Wildman–Crippen LogP) is 3.63. The minimum atomic E-state index is -1.97.